The molecule has 0 saturated heterocycles. The Morgan fingerprint density at radius 1 is 0.861 bits per heavy atom. The number of cyclic esters (lactones) is 1. The van der Waals surface area contributed by atoms with Gasteiger partial charge in [-0.2, -0.15) is 0 Å². The molecule has 2 aliphatic carbocycles. The molecule has 3 aromatic carbocycles. The van der Waals surface area contributed by atoms with Crippen molar-refractivity contribution in [1.29, 1.82) is 0 Å². The van der Waals surface area contributed by atoms with Crippen LogP contribution in [0, 0.1) is 0 Å². The minimum absolute atomic E-state index is 0.00549. The molecular weight excluding hydrogens is 468 g/mol. The number of esters is 1. The number of phenolic OH excluding ortho intramolecular Hbond substituents is 3. The molecule has 182 valence electrons. The van der Waals surface area contributed by atoms with Gasteiger partial charge in [0.15, 0.2) is 5.78 Å². The van der Waals surface area contributed by atoms with E-state index < -0.39 is 47.0 Å². The average Bonchev–Trinajstić information content (AvgIpc) is 2.81. The molecule has 2 atom stereocenters. The number of aromatic hydroxyl groups is 3. The van der Waals surface area contributed by atoms with Gasteiger partial charge >= 0.3 is 5.97 Å². The molecule has 0 unspecified atom stereocenters. The van der Waals surface area contributed by atoms with Crippen molar-refractivity contribution >= 4 is 17.5 Å². The normalized spacial score (nSPS) is 19.5. The first-order valence-corrected chi connectivity index (χ1v) is 11.3. The summed E-state index contributed by atoms with van der Waals surface area (Å²) in [7, 11) is 1.25. The zero-order valence-corrected chi connectivity index (χ0v) is 19.2. The van der Waals surface area contributed by atoms with Gasteiger partial charge in [0.1, 0.15) is 34.7 Å². The number of aliphatic hydroxyl groups excluding tert-OH is 1. The Kier molecular flexibility index (Phi) is 4.49. The van der Waals surface area contributed by atoms with Crippen molar-refractivity contribution in [3.8, 4) is 34.1 Å². The second kappa shape index (κ2) is 7.32. The molecule has 1 aliphatic heterocycles. The molecule has 4 N–H and O–H groups in total. The summed E-state index contributed by atoms with van der Waals surface area (Å²) in [5.74, 6) is -3.86. The molecule has 0 amide bonds. The first-order valence-electron chi connectivity index (χ1n) is 11.3. The number of rotatable bonds is 1. The monoisotopic (exact) mass is 488 g/mol. The van der Waals surface area contributed by atoms with Crippen molar-refractivity contribution in [2.45, 2.75) is 32.0 Å². The third kappa shape index (κ3) is 2.66. The van der Waals surface area contributed by atoms with Gasteiger partial charge in [0.25, 0.3) is 0 Å². The Labute approximate surface area is 204 Å². The number of methoxy groups -OCH3 is 1. The van der Waals surface area contributed by atoms with Gasteiger partial charge in [0, 0.05) is 35.1 Å². The summed E-state index contributed by atoms with van der Waals surface area (Å²) in [6, 6.07) is 5.71. The van der Waals surface area contributed by atoms with Gasteiger partial charge in [-0.05, 0) is 24.1 Å². The van der Waals surface area contributed by atoms with Crippen molar-refractivity contribution in [2.75, 3.05) is 7.11 Å². The number of ether oxygens (including phenoxy) is 2. The summed E-state index contributed by atoms with van der Waals surface area (Å²) >= 11 is 0. The average molecular weight is 488 g/mol. The van der Waals surface area contributed by atoms with Crippen LogP contribution in [0.3, 0.4) is 0 Å². The van der Waals surface area contributed by atoms with Crippen molar-refractivity contribution in [3.63, 3.8) is 0 Å². The van der Waals surface area contributed by atoms with Crippen LogP contribution in [0.15, 0.2) is 24.3 Å². The Hall–Kier alpha value is -4.37. The smallest absolute Gasteiger partial charge is 0.342 e. The second-order valence-corrected chi connectivity index (χ2v) is 9.21. The van der Waals surface area contributed by atoms with Gasteiger partial charge in [-0.15, -0.1) is 0 Å². The lowest BCUT2D eigenvalue weighted by Gasteiger charge is -2.33. The molecule has 0 saturated carbocycles. The minimum Gasteiger partial charge on any atom is -0.507 e. The fourth-order valence-electron chi connectivity index (χ4n) is 5.70. The number of hydrogen-bond donors (Lipinski definition) is 4. The summed E-state index contributed by atoms with van der Waals surface area (Å²) in [4.78, 5) is 39.6. The summed E-state index contributed by atoms with van der Waals surface area (Å²) in [6.07, 6.45) is -1.32. The quantitative estimate of drug-likeness (QED) is 0.297. The Bertz CT molecular complexity index is 1570. The zero-order valence-electron chi connectivity index (χ0n) is 19.2. The molecule has 3 aliphatic rings. The Morgan fingerprint density at radius 3 is 2.28 bits per heavy atom. The maximum atomic E-state index is 13.5. The van der Waals surface area contributed by atoms with Crippen molar-refractivity contribution < 1.29 is 44.3 Å². The molecule has 3 aromatic rings. The number of carbonyl (C=O) groups is 3. The molecular formula is C27H20O9. The standard InChI is InChI=1S/C27H20O9/c1-9-6-10-7-11-8-14(29)18-19(15(11)23(31)16(10)27(34)36-9)25(33)20-21(26(18)35-2)24(32)17-12(22(20)30)4-3-5-13(17)28/h3-5,7,9,14,28-29,31,33H,6,8H2,1-2H3/t9-,14-/m1/s1. The number of aliphatic hydroxyl groups is 1. The van der Waals surface area contributed by atoms with Crippen LogP contribution >= 0.6 is 0 Å². The van der Waals surface area contributed by atoms with E-state index in [-0.39, 0.29) is 56.7 Å². The van der Waals surface area contributed by atoms with Crippen LogP contribution in [0.5, 0.6) is 23.0 Å². The largest absolute Gasteiger partial charge is 0.507 e. The first kappa shape index (κ1) is 22.1. The first-order chi connectivity index (χ1) is 17.1. The van der Waals surface area contributed by atoms with Crippen LogP contribution in [0.4, 0.5) is 0 Å². The number of fused-ring (bicyclic) bond motifs is 6. The van der Waals surface area contributed by atoms with Gasteiger partial charge in [0.2, 0.25) is 5.78 Å². The summed E-state index contributed by atoms with van der Waals surface area (Å²) in [5, 5.41) is 44.2. The van der Waals surface area contributed by atoms with E-state index in [0.29, 0.717) is 17.5 Å². The molecule has 36 heavy (non-hydrogen) atoms. The maximum absolute atomic E-state index is 13.5. The van der Waals surface area contributed by atoms with Gasteiger partial charge in [0.05, 0.1) is 29.9 Å². The number of benzene rings is 3. The molecule has 0 bridgehead atoms. The van der Waals surface area contributed by atoms with Gasteiger partial charge in [-0.3, -0.25) is 9.59 Å². The Morgan fingerprint density at radius 2 is 1.56 bits per heavy atom. The fraction of sp³-hybridized carbons (Fsp3) is 0.222. The Balaban J connectivity index is 1.72. The number of carbonyl (C=O) groups excluding carboxylic acids is 3. The van der Waals surface area contributed by atoms with Crippen molar-refractivity contribution in [3.05, 3.63) is 68.8 Å². The van der Waals surface area contributed by atoms with Crippen molar-refractivity contribution in [2.24, 2.45) is 0 Å². The topological polar surface area (TPSA) is 151 Å². The highest BCUT2D eigenvalue weighted by Gasteiger charge is 2.44. The van der Waals surface area contributed by atoms with E-state index >= 15 is 0 Å². The van der Waals surface area contributed by atoms with Gasteiger partial charge in [-0.25, -0.2) is 4.79 Å². The lowest BCUT2D eigenvalue weighted by molar-refractivity contribution is 0.0297. The third-order valence-electron chi connectivity index (χ3n) is 7.12. The second-order valence-electron chi connectivity index (χ2n) is 9.21. The van der Waals surface area contributed by atoms with Crippen LogP contribution < -0.4 is 4.74 Å². The van der Waals surface area contributed by atoms with E-state index in [0.717, 1.165) is 0 Å². The molecule has 6 rings (SSSR count). The van der Waals surface area contributed by atoms with E-state index in [1.807, 2.05) is 0 Å². The van der Waals surface area contributed by atoms with E-state index in [1.54, 1.807) is 13.0 Å². The lowest BCUT2D eigenvalue weighted by Crippen LogP contribution is -2.27. The highest BCUT2D eigenvalue weighted by Crippen LogP contribution is 2.56. The summed E-state index contributed by atoms with van der Waals surface area (Å²) < 4.78 is 10.8. The fourth-order valence-corrected chi connectivity index (χ4v) is 5.70. The van der Waals surface area contributed by atoms with Gasteiger partial charge in [-0.1, -0.05) is 18.2 Å². The predicted molar refractivity (Wildman–Crippen MR) is 124 cm³/mol. The summed E-state index contributed by atoms with van der Waals surface area (Å²) in [5.41, 5.74) is -0.0958. The molecule has 9 heteroatoms. The van der Waals surface area contributed by atoms with Gasteiger partial charge < -0.3 is 29.9 Å². The highest BCUT2D eigenvalue weighted by molar-refractivity contribution is 6.32. The summed E-state index contributed by atoms with van der Waals surface area (Å²) in [6.45, 7) is 1.72. The minimum atomic E-state index is -1.27. The lowest BCUT2D eigenvalue weighted by atomic mass is 9.74. The third-order valence-corrected chi connectivity index (χ3v) is 7.12. The van der Waals surface area contributed by atoms with Crippen molar-refractivity contribution in [1.82, 2.24) is 0 Å². The van der Waals surface area contributed by atoms with E-state index in [1.165, 1.54) is 25.3 Å². The van der Waals surface area contributed by atoms with Crippen LogP contribution in [0.2, 0.25) is 0 Å². The molecule has 0 spiro atoms. The number of ketones is 2. The predicted octanol–water partition coefficient (Wildman–Crippen LogP) is 2.95. The van der Waals surface area contributed by atoms with Crippen LogP contribution in [0.25, 0.3) is 11.1 Å². The van der Waals surface area contributed by atoms with Crippen LogP contribution in [-0.4, -0.2) is 51.2 Å². The molecule has 9 nitrogen and oxygen atoms in total. The van der Waals surface area contributed by atoms with E-state index in [9.17, 15) is 34.8 Å². The zero-order chi connectivity index (χ0) is 25.6. The molecule has 0 radical (unpaired) electrons. The highest BCUT2D eigenvalue weighted by atomic mass is 16.5. The molecule has 1 heterocycles. The van der Waals surface area contributed by atoms with E-state index in [4.69, 9.17) is 9.47 Å². The van der Waals surface area contributed by atoms with E-state index in [2.05, 4.69) is 0 Å². The molecule has 0 aromatic heterocycles. The number of phenols is 3. The SMILES string of the molecule is COc1c2c(c(O)c3c1[C@H](O)Cc1cc4c(c(O)c1-3)C(=O)O[C@H](C)C4)C(=O)c1cccc(O)c1C2=O. The van der Waals surface area contributed by atoms with Crippen LogP contribution in [0.1, 0.15) is 71.9 Å². The number of hydrogen-bond acceptors (Lipinski definition) is 9. The van der Waals surface area contributed by atoms with Crippen LogP contribution in [-0.2, 0) is 17.6 Å². The maximum Gasteiger partial charge on any atom is 0.342 e. The molecule has 0 fully saturated rings.